The number of hydrogen-bond donors (Lipinski definition) is 0. The van der Waals surface area contributed by atoms with Crippen molar-refractivity contribution in [3.8, 4) is 0 Å². The van der Waals surface area contributed by atoms with Gasteiger partial charge in [-0.2, -0.15) is 0 Å². The summed E-state index contributed by atoms with van der Waals surface area (Å²) in [5, 5.41) is 0.911. The molecule has 27 heavy (non-hydrogen) atoms. The van der Waals surface area contributed by atoms with Gasteiger partial charge in [0.15, 0.2) is 5.16 Å². The highest BCUT2D eigenvalue weighted by Crippen LogP contribution is 2.31. The molecule has 4 rings (SSSR count). The molecule has 2 saturated heterocycles. The minimum Gasteiger partial charge on any atom is -0.353 e. The molecule has 3 aliphatic rings. The number of carbonyl (C=O) groups excluding carboxylic acids is 2. The van der Waals surface area contributed by atoms with Crippen LogP contribution in [-0.2, 0) is 9.59 Å². The van der Waals surface area contributed by atoms with E-state index in [9.17, 15) is 9.59 Å². The van der Waals surface area contributed by atoms with Crippen LogP contribution in [0.5, 0.6) is 0 Å². The van der Waals surface area contributed by atoms with Gasteiger partial charge in [0.25, 0.3) is 0 Å². The van der Waals surface area contributed by atoms with Crippen molar-refractivity contribution in [2.45, 2.75) is 30.8 Å². The SMILES string of the molecule is O=C(CSc1nc(Cl)cc(N2CCN(C(=O)C3CC3)CC2)n1)N1CCCC1. The largest absolute Gasteiger partial charge is 0.353 e. The second-order valence-electron chi connectivity index (χ2n) is 7.29. The van der Waals surface area contributed by atoms with Crippen LogP contribution in [0.1, 0.15) is 25.7 Å². The molecule has 1 aliphatic carbocycles. The van der Waals surface area contributed by atoms with Crippen molar-refractivity contribution in [2.75, 3.05) is 49.9 Å². The smallest absolute Gasteiger partial charge is 0.233 e. The fourth-order valence-corrected chi connectivity index (χ4v) is 4.52. The van der Waals surface area contributed by atoms with Crippen LogP contribution in [0.2, 0.25) is 5.15 Å². The molecular weight excluding hydrogens is 386 g/mol. The van der Waals surface area contributed by atoms with Gasteiger partial charge < -0.3 is 14.7 Å². The van der Waals surface area contributed by atoms with E-state index in [2.05, 4.69) is 14.9 Å². The van der Waals surface area contributed by atoms with Gasteiger partial charge in [-0.05, 0) is 25.7 Å². The molecule has 0 aromatic carbocycles. The second kappa shape index (κ2) is 8.22. The van der Waals surface area contributed by atoms with Crippen LogP contribution < -0.4 is 4.90 Å². The van der Waals surface area contributed by atoms with Crippen molar-refractivity contribution in [3.63, 3.8) is 0 Å². The number of aromatic nitrogens is 2. The molecule has 0 N–H and O–H groups in total. The molecular formula is C18H24ClN5O2S. The Morgan fingerprint density at radius 3 is 2.41 bits per heavy atom. The summed E-state index contributed by atoms with van der Waals surface area (Å²) in [6, 6.07) is 1.76. The normalized spacial score (nSPS) is 20.3. The molecule has 1 aromatic heterocycles. The van der Waals surface area contributed by atoms with Gasteiger partial charge in [-0.1, -0.05) is 23.4 Å². The average molecular weight is 410 g/mol. The summed E-state index contributed by atoms with van der Waals surface area (Å²) in [6.07, 6.45) is 4.25. The number of piperazine rings is 1. The molecule has 3 heterocycles. The lowest BCUT2D eigenvalue weighted by atomic mass is 10.2. The predicted octanol–water partition coefficient (Wildman–Crippen LogP) is 1.90. The molecule has 3 fully saturated rings. The first kappa shape index (κ1) is 18.8. The number of anilines is 1. The number of amides is 2. The van der Waals surface area contributed by atoms with Crippen molar-refractivity contribution in [2.24, 2.45) is 5.92 Å². The number of hydrogen-bond acceptors (Lipinski definition) is 6. The van der Waals surface area contributed by atoms with E-state index in [-0.39, 0.29) is 11.8 Å². The molecule has 2 amide bonds. The third kappa shape index (κ3) is 4.66. The summed E-state index contributed by atoms with van der Waals surface area (Å²) in [4.78, 5) is 39.3. The molecule has 9 heteroatoms. The first-order valence-electron chi connectivity index (χ1n) is 9.59. The standard InChI is InChI=1S/C18H24ClN5O2S/c19-14-11-15(22-7-9-24(10-8-22)17(26)13-3-4-13)21-18(20-14)27-12-16(25)23-5-1-2-6-23/h11,13H,1-10,12H2. The van der Waals surface area contributed by atoms with E-state index in [4.69, 9.17) is 11.6 Å². The van der Waals surface area contributed by atoms with Crippen LogP contribution in [0.4, 0.5) is 5.82 Å². The quantitative estimate of drug-likeness (QED) is 0.420. The van der Waals surface area contributed by atoms with E-state index >= 15 is 0 Å². The van der Waals surface area contributed by atoms with E-state index in [1.54, 1.807) is 6.07 Å². The fourth-order valence-electron chi connectivity index (χ4n) is 3.54. The number of nitrogens with zero attached hydrogens (tertiary/aromatic N) is 5. The molecule has 0 atom stereocenters. The first-order valence-corrected chi connectivity index (χ1v) is 11.0. The lowest BCUT2D eigenvalue weighted by molar-refractivity contribution is -0.132. The lowest BCUT2D eigenvalue weighted by Crippen LogP contribution is -2.49. The van der Waals surface area contributed by atoms with Crippen molar-refractivity contribution in [3.05, 3.63) is 11.2 Å². The summed E-state index contributed by atoms with van der Waals surface area (Å²) < 4.78 is 0. The summed E-state index contributed by atoms with van der Waals surface area (Å²) >= 11 is 7.53. The number of halogens is 1. The van der Waals surface area contributed by atoms with Gasteiger partial charge >= 0.3 is 0 Å². The van der Waals surface area contributed by atoms with Crippen molar-refractivity contribution in [1.29, 1.82) is 0 Å². The van der Waals surface area contributed by atoms with E-state index < -0.39 is 0 Å². The Labute approximate surface area is 168 Å². The average Bonchev–Trinajstić information content (AvgIpc) is 3.39. The molecule has 2 aliphatic heterocycles. The Morgan fingerprint density at radius 1 is 1.04 bits per heavy atom. The van der Waals surface area contributed by atoms with Crippen molar-refractivity contribution < 1.29 is 9.59 Å². The highest BCUT2D eigenvalue weighted by molar-refractivity contribution is 7.99. The number of thioether (sulfide) groups is 1. The molecule has 0 bridgehead atoms. The fraction of sp³-hybridized carbons (Fsp3) is 0.667. The maximum absolute atomic E-state index is 12.2. The predicted molar refractivity (Wildman–Crippen MR) is 105 cm³/mol. The Kier molecular flexibility index (Phi) is 5.73. The topological polar surface area (TPSA) is 69.6 Å². The van der Waals surface area contributed by atoms with Crippen molar-refractivity contribution >= 4 is 41.0 Å². The monoisotopic (exact) mass is 409 g/mol. The van der Waals surface area contributed by atoms with E-state index in [0.717, 1.165) is 57.7 Å². The third-order valence-electron chi connectivity index (χ3n) is 5.29. The molecule has 146 valence electrons. The molecule has 7 nitrogen and oxygen atoms in total. The van der Waals surface area contributed by atoms with Crippen molar-refractivity contribution in [1.82, 2.24) is 19.8 Å². The molecule has 0 radical (unpaired) electrons. The third-order valence-corrected chi connectivity index (χ3v) is 6.31. The maximum Gasteiger partial charge on any atom is 0.233 e. The van der Waals surface area contributed by atoms with Gasteiger partial charge in [0.2, 0.25) is 11.8 Å². The summed E-state index contributed by atoms with van der Waals surface area (Å²) in [5.41, 5.74) is 0. The van der Waals surface area contributed by atoms with Gasteiger partial charge in [0, 0.05) is 51.3 Å². The Balaban J connectivity index is 1.34. The lowest BCUT2D eigenvalue weighted by Gasteiger charge is -2.35. The van der Waals surface area contributed by atoms with E-state index in [1.807, 2.05) is 9.80 Å². The zero-order chi connectivity index (χ0) is 18.8. The Morgan fingerprint density at radius 2 is 1.74 bits per heavy atom. The highest BCUT2D eigenvalue weighted by atomic mass is 35.5. The van der Waals surface area contributed by atoms with E-state index in [1.165, 1.54) is 11.8 Å². The number of carbonyl (C=O) groups is 2. The minimum absolute atomic E-state index is 0.134. The summed E-state index contributed by atoms with van der Waals surface area (Å²) in [6.45, 7) is 4.61. The van der Waals surface area contributed by atoms with Crippen LogP contribution in [-0.4, -0.2) is 76.6 Å². The second-order valence-corrected chi connectivity index (χ2v) is 8.62. The summed E-state index contributed by atoms with van der Waals surface area (Å²) in [5.74, 6) is 1.80. The Hall–Kier alpha value is -1.54. The molecule has 1 aromatic rings. The van der Waals surface area contributed by atoms with Crippen LogP contribution in [0, 0.1) is 5.92 Å². The zero-order valence-electron chi connectivity index (χ0n) is 15.3. The van der Waals surface area contributed by atoms with Gasteiger partial charge in [-0.25, -0.2) is 9.97 Å². The number of likely N-dealkylation sites (tertiary alicyclic amines) is 1. The van der Waals surface area contributed by atoms with Gasteiger partial charge in [0.1, 0.15) is 11.0 Å². The van der Waals surface area contributed by atoms with Crippen LogP contribution in [0.3, 0.4) is 0 Å². The maximum atomic E-state index is 12.2. The Bertz CT molecular complexity index is 716. The molecule has 0 spiro atoms. The van der Waals surface area contributed by atoms with Crippen LogP contribution >= 0.6 is 23.4 Å². The minimum atomic E-state index is 0.134. The molecule has 0 unspecified atom stereocenters. The van der Waals surface area contributed by atoms with Gasteiger partial charge in [0.05, 0.1) is 5.75 Å². The van der Waals surface area contributed by atoms with Crippen LogP contribution in [0.15, 0.2) is 11.2 Å². The van der Waals surface area contributed by atoms with Gasteiger partial charge in [-0.15, -0.1) is 0 Å². The highest BCUT2D eigenvalue weighted by Gasteiger charge is 2.34. The summed E-state index contributed by atoms with van der Waals surface area (Å²) in [7, 11) is 0. The molecule has 1 saturated carbocycles. The van der Waals surface area contributed by atoms with Crippen LogP contribution in [0.25, 0.3) is 0 Å². The first-order chi connectivity index (χ1) is 13.1. The number of rotatable bonds is 5. The van der Waals surface area contributed by atoms with E-state index in [0.29, 0.717) is 35.1 Å². The zero-order valence-corrected chi connectivity index (χ0v) is 16.8. The van der Waals surface area contributed by atoms with Gasteiger partial charge in [-0.3, -0.25) is 9.59 Å².